The Morgan fingerprint density at radius 2 is 1.88 bits per heavy atom. The van der Waals surface area contributed by atoms with Gasteiger partial charge in [0.05, 0.1) is 32.3 Å². The summed E-state index contributed by atoms with van der Waals surface area (Å²) in [5, 5.41) is 1.32. The molecule has 6 rings (SSSR count). The van der Waals surface area contributed by atoms with Crippen molar-refractivity contribution in [3.63, 3.8) is 0 Å². The Kier molecular flexibility index (Phi) is 5.78. The van der Waals surface area contributed by atoms with Crippen molar-refractivity contribution >= 4 is 32.9 Å². The Morgan fingerprint density at radius 1 is 1.03 bits per heavy atom. The van der Waals surface area contributed by atoms with Gasteiger partial charge >= 0.3 is 0 Å². The monoisotopic (exact) mass is 462 g/mol. The lowest BCUT2D eigenvalue weighted by Gasteiger charge is -2.30. The van der Waals surface area contributed by atoms with Crippen molar-refractivity contribution in [1.82, 2.24) is 14.9 Å². The van der Waals surface area contributed by atoms with Crippen LogP contribution in [0.1, 0.15) is 34.7 Å². The number of rotatable bonds is 5. The first kappa shape index (κ1) is 21.1. The van der Waals surface area contributed by atoms with Gasteiger partial charge in [0.25, 0.3) is 0 Å². The van der Waals surface area contributed by atoms with Crippen LogP contribution in [0.3, 0.4) is 0 Å². The van der Waals surface area contributed by atoms with Gasteiger partial charge in [-0.2, -0.15) is 0 Å². The quantitative estimate of drug-likeness (QED) is 0.563. The summed E-state index contributed by atoms with van der Waals surface area (Å²) in [6, 6.07) is 8.41. The minimum atomic E-state index is 0.799. The summed E-state index contributed by atoms with van der Waals surface area (Å²) >= 11 is 1.89. The molecular formula is C26H30N4O2S. The molecule has 7 heteroatoms. The minimum absolute atomic E-state index is 0.799. The number of ether oxygens (including phenoxy) is 2. The highest BCUT2D eigenvalue weighted by Gasteiger charge is 2.26. The first-order valence-electron chi connectivity index (χ1n) is 12.0. The maximum Gasteiger partial charge on any atom is 0.146 e. The number of aromatic nitrogens is 2. The van der Waals surface area contributed by atoms with Gasteiger partial charge in [-0.15, -0.1) is 11.3 Å². The fourth-order valence-electron chi connectivity index (χ4n) is 5.21. The highest BCUT2D eigenvalue weighted by Crippen LogP contribution is 2.41. The topological polar surface area (TPSA) is 50.7 Å². The van der Waals surface area contributed by atoms with Crippen LogP contribution in [0.4, 0.5) is 5.82 Å². The Balaban J connectivity index is 1.31. The van der Waals surface area contributed by atoms with E-state index < -0.39 is 0 Å². The van der Waals surface area contributed by atoms with E-state index in [1.165, 1.54) is 44.6 Å². The fourth-order valence-corrected chi connectivity index (χ4v) is 6.48. The molecule has 0 bridgehead atoms. The Morgan fingerprint density at radius 3 is 2.64 bits per heavy atom. The number of hydrogen-bond acceptors (Lipinski definition) is 7. The van der Waals surface area contributed by atoms with Gasteiger partial charge in [0.1, 0.15) is 22.2 Å². The zero-order valence-corrected chi connectivity index (χ0v) is 20.0. The number of thiophene rings is 1. The number of hydrogen-bond donors (Lipinski definition) is 0. The number of methoxy groups -OCH3 is 1. The lowest BCUT2D eigenvalue weighted by atomic mass is 9.99. The molecule has 172 valence electrons. The second-order valence-corrected chi connectivity index (χ2v) is 10.1. The molecule has 0 atom stereocenters. The second kappa shape index (κ2) is 9.05. The molecule has 2 aromatic heterocycles. The van der Waals surface area contributed by atoms with Crippen molar-refractivity contribution in [2.24, 2.45) is 0 Å². The van der Waals surface area contributed by atoms with Crippen LogP contribution in [0.5, 0.6) is 5.75 Å². The third-order valence-electron chi connectivity index (χ3n) is 7.03. The predicted octanol–water partition coefficient (Wildman–Crippen LogP) is 4.31. The van der Waals surface area contributed by atoms with Crippen LogP contribution in [-0.2, 0) is 24.1 Å². The standard InChI is InChI=1S/C26H30N4O2S/c1-31-20-7-5-18(6-8-20)19-9-11-30(12-10-19)25-24-21-3-2-4-22(21)33-26(24)28-23(27-25)17-29-13-15-32-16-14-29/h5-9H,2-4,10-17H2,1H3. The van der Waals surface area contributed by atoms with Gasteiger partial charge in [-0.05, 0) is 54.5 Å². The van der Waals surface area contributed by atoms with Gasteiger partial charge in [0.15, 0.2) is 0 Å². The number of benzene rings is 1. The molecule has 1 saturated heterocycles. The minimum Gasteiger partial charge on any atom is -0.497 e. The normalized spacial score (nSPS) is 19.1. The zero-order valence-electron chi connectivity index (χ0n) is 19.2. The third kappa shape index (κ3) is 4.14. The van der Waals surface area contributed by atoms with Crippen molar-refractivity contribution in [3.05, 3.63) is 52.2 Å². The molecule has 0 saturated carbocycles. The van der Waals surface area contributed by atoms with E-state index in [2.05, 4.69) is 28.0 Å². The van der Waals surface area contributed by atoms with E-state index in [1.54, 1.807) is 7.11 Å². The Hall–Kier alpha value is -2.48. The number of nitrogens with zero attached hydrogens (tertiary/aromatic N) is 4. The van der Waals surface area contributed by atoms with Crippen LogP contribution in [-0.4, -0.2) is 61.4 Å². The lowest BCUT2D eigenvalue weighted by molar-refractivity contribution is 0.0331. The summed E-state index contributed by atoms with van der Waals surface area (Å²) < 4.78 is 10.8. The number of fused-ring (bicyclic) bond motifs is 3. The Labute approximate surface area is 198 Å². The molecule has 33 heavy (non-hydrogen) atoms. The maximum atomic E-state index is 5.53. The van der Waals surface area contributed by atoms with Gasteiger partial charge in [-0.25, -0.2) is 9.97 Å². The van der Waals surface area contributed by atoms with Crippen LogP contribution in [0, 0.1) is 0 Å². The summed E-state index contributed by atoms with van der Waals surface area (Å²) in [4.78, 5) is 17.8. The van der Waals surface area contributed by atoms with E-state index in [4.69, 9.17) is 19.4 Å². The molecule has 0 unspecified atom stereocenters. The van der Waals surface area contributed by atoms with E-state index >= 15 is 0 Å². The molecular weight excluding hydrogens is 432 g/mol. The van der Waals surface area contributed by atoms with Gasteiger partial charge in [0, 0.05) is 31.1 Å². The highest BCUT2D eigenvalue weighted by molar-refractivity contribution is 7.19. The molecule has 0 N–H and O–H groups in total. The van der Waals surface area contributed by atoms with Crippen molar-refractivity contribution in [3.8, 4) is 5.75 Å². The molecule has 1 fully saturated rings. The molecule has 1 aromatic carbocycles. The van der Waals surface area contributed by atoms with Crippen molar-refractivity contribution < 1.29 is 9.47 Å². The predicted molar refractivity (Wildman–Crippen MR) is 133 cm³/mol. The van der Waals surface area contributed by atoms with E-state index in [-0.39, 0.29) is 0 Å². The van der Waals surface area contributed by atoms with Crippen molar-refractivity contribution in [2.75, 3.05) is 51.4 Å². The molecule has 4 heterocycles. The largest absolute Gasteiger partial charge is 0.497 e. The van der Waals surface area contributed by atoms with Crippen LogP contribution in [0.2, 0.25) is 0 Å². The molecule has 3 aromatic rings. The van der Waals surface area contributed by atoms with E-state index in [0.717, 1.165) is 76.2 Å². The molecule has 0 spiro atoms. The van der Waals surface area contributed by atoms with Crippen LogP contribution in [0.25, 0.3) is 15.8 Å². The van der Waals surface area contributed by atoms with Crippen LogP contribution >= 0.6 is 11.3 Å². The highest BCUT2D eigenvalue weighted by atomic mass is 32.1. The molecule has 1 aliphatic carbocycles. The summed E-state index contributed by atoms with van der Waals surface area (Å²) in [7, 11) is 1.71. The average Bonchev–Trinajstić information content (AvgIpc) is 3.46. The van der Waals surface area contributed by atoms with Gasteiger partial charge < -0.3 is 14.4 Å². The zero-order chi connectivity index (χ0) is 22.2. The van der Waals surface area contributed by atoms with Crippen molar-refractivity contribution in [1.29, 1.82) is 0 Å². The van der Waals surface area contributed by atoms with E-state index in [1.807, 2.05) is 23.5 Å². The maximum absolute atomic E-state index is 5.53. The first-order valence-corrected chi connectivity index (χ1v) is 12.8. The second-order valence-electron chi connectivity index (χ2n) is 9.04. The molecule has 0 radical (unpaired) electrons. The molecule has 3 aliphatic rings. The molecule has 6 nitrogen and oxygen atoms in total. The fraction of sp³-hybridized carbons (Fsp3) is 0.462. The molecule has 0 amide bonds. The van der Waals surface area contributed by atoms with Crippen molar-refractivity contribution in [2.45, 2.75) is 32.2 Å². The summed E-state index contributed by atoms with van der Waals surface area (Å²) in [5.41, 5.74) is 4.20. The van der Waals surface area contributed by atoms with E-state index in [0.29, 0.717) is 0 Å². The average molecular weight is 463 g/mol. The Bertz CT molecular complexity index is 1180. The first-order chi connectivity index (χ1) is 16.3. The van der Waals surface area contributed by atoms with Crippen LogP contribution in [0.15, 0.2) is 30.3 Å². The number of aryl methyl sites for hydroxylation is 2. The third-order valence-corrected chi connectivity index (χ3v) is 8.22. The van der Waals surface area contributed by atoms with Crippen LogP contribution < -0.4 is 9.64 Å². The SMILES string of the molecule is COc1ccc(C2=CCN(c3nc(CN4CCOCC4)nc4sc5c(c34)CCC5)CC2)cc1. The number of anilines is 1. The molecule has 2 aliphatic heterocycles. The summed E-state index contributed by atoms with van der Waals surface area (Å²) in [6.45, 7) is 6.17. The van der Waals surface area contributed by atoms with E-state index in [9.17, 15) is 0 Å². The number of morpholine rings is 1. The van der Waals surface area contributed by atoms with Gasteiger partial charge in [0.2, 0.25) is 0 Å². The smallest absolute Gasteiger partial charge is 0.146 e. The van der Waals surface area contributed by atoms with Gasteiger partial charge in [-0.3, -0.25) is 4.90 Å². The summed E-state index contributed by atoms with van der Waals surface area (Å²) in [6.07, 6.45) is 7.00. The van der Waals surface area contributed by atoms with Gasteiger partial charge in [-0.1, -0.05) is 18.2 Å². The lowest BCUT2D eigenvalue weighted by Crippen LogP contribution is -2.36. The summed E-state index contributed by atoms with van der Waals surface area (Å²) in [5.74, 6) is 3.00.